The van der Waals surface area contributed by atoms with E-state index in [1.165, 1.54) is 77.0 Å². The van der Waals surface area contributed by atoms with Crippen molar-refractivity contribution in [1.29, 1.82) is 0 Å². The summed E-state index contributed by atoms with van der Waals surface area (Å²) >= 11 is 0. The van der Waals surface area contributed by atoms with Crippen LogP contribution in [-0.2, 0) is 13.6 Å². The molecule has 0 radical (unpaired) electrons. The molecule has 0 aromatic rings. The Kier molecular flexibility index (Phi) is 16.8. The van der Waals surface area contributed by atoms with Gasteiger partial charge in [0.15, 0.2) is 0 Å². The molecule has 1 N–H and O–H groups in total. The Bertz CT molecular complexity index is 486. The zero-order chi connectivity index (χ0) is 21.9. The molecule has 1 heterocycles. The molecule has 0 spiro atoms. The topological polar surface area (TPSA) is 59.0 Å². The standard InChI is InChI=1S/C24H46NO4P/c1-3-5-6-7-8-9-10-11-12-13-14-15-16-17-23-28-30(26,27)29-24-18-21-25(20-4-2)22-19-24/h2,24H,3,5-23H2,1H3,(H,26,27). The van der Waals surface area contributed by atoms with Crippen molar-refractivity contribution in [3.8, 4) is 12.3 Å². The lowest BCUT2D eigenvalue weighted by Gasteiger charge is -2.31. The van der Waals surface area contributed by atoms with Crippen molar-refractivity contribution < 1.29 is 18.5 Å². The van der Waals surface area contributed by atoms with Gasteiger partial charge in [0.05, 0.1) is 19.3 Å². The van der Waals surface area contributed by atoms with Gasteiger partial charge in [-0.15, -0.1) is 6.42 Å². The summed E-state index contributed by atoms with van der Waals surface area (Å²) in [5.41, 5.74) is 0. The van der Waals surface area contributed by atoms with Crippen LogP contribution in [0.1, 0.15) is 110 Å². The maximum absolute atomic E-state index is 12.1. The number of unbranched alkanes of at least 4 members (excludes halogenated alkanes) is 13. The molecule has 0 aliphatic carbocycles. The first-order valence-corrected chi connectivity index (χ1v) is 13.9. The Balaban J connectivity index is 1.88. The molecule has 30 heavy (non-hydrogen) atoms. The maximum Gasteiger partial charge on any atom is 0.472 e. The van der Waals surface area contributed by atoms with Crippen LogP contribution in [-0.4, -0.2) is 42.1 Å². The first kappa shape index (κ1) is 27.7. The molecule has 1 aliphatic heterocycles. The van der Waals surface area contributed by atoms with Gasteiger partial charge >= 0.3 is 7.82 Å². The van der Waals surface area contributed by atoms with E-state index in [0.29, 0.717) is 26.0 Å². The third-order valence-electron chi connectivity index (χ3n) is 5.88. The summed E-state index contributed by atoms with van der Waals surface area (Å²) in [5, 5.41) is 0. The lowest BCUT2D eigenvalue weighted by atomic mass is 10.0. The zero-order valence-corrected chi connectivity index (χ0v) is 20.3. The third kappa shape index (κ3) is 15.4. The van der Waals surface area contributed by atoms with Crippen LogP contribution in [0.25, 0.3) is 0 Å². The molecular formula is C24H46NO4P. The summed E-state index contributed by atoms with van der Waals surface area (Å²) in [7, 11) is -3.94. The lowest BCUT2D eigenvalue weighted by Crippen LogP contribution is -2.36. The van der Waals surface area contributed by atoms with Crippen LogP contribution in [0.15, 0.2) is 0 Å². The molecule has 1 fully saturated rings. The van der Waals surface area contributed by atoms with E-state index in [4.69, 9.17) is 15.5 Å². The van der Waals surface area contributed by atoms with Crippen LogP contribution >= 0.6 is 7.82 Å². The molecule has 6 heteroatoms. The average Bonchev–Trinajstić information content (AvgIpc) is 2.72. The highest BCUT2D eigenvalue weighted by Crippen LogP contribution is 2.46. The summed E-state index contributed by atoms with van der Waals surface area (Å²) < 4.78 is 22.6. The van der Waals surface area contributed by atoms with Crippen molar-refractivity contribution in [1.82, 2.24) is 4.90 Å². The quantitative estimate of drug-likeness (QED) is 0.137. The fraction of sp³-hybridized carbons (Fsp3) is 0.917. The van der Waals surface area contributed by atoms with Gasteiger partial charge in [-0.1, -0.05) is 96.3 Å². The van der Waals surface area contributed by atoms with E-state index in [1.807, 2.05) is 0 Å². The molecule has 0 saturated carbocycles. The zero-order valence-electron chi connectivity index (χ0n) is 19.4. The minimum atomic E-state index is -3.94. The Morgan fingerprint density at radius 2 is 1.37 bits per heavy atom. The molecule has 1 aliphatic rings. The van der Waals surface area contributed by atoms with Crippen molar-refractivity contribution in [3.63, 3.8) is 0 Å². The fourth-order valence-corrected chi connectivity index (χ4v) is 5.01. The molecule has 0 amide bonds. The summed E-state index contributed by atoms with van der Waals surface area (Å²) in [6, 6.07) is 0. The molecule has 5 nitrogen and oxygen atoms in total. The number of hydrogen-bond acceptors (Lipinski definition) is 4. The number of piperidine rings is 1. The predicted octanol–water partition coefficient (Wildman–Crippen LogP) is 6.70. The largest absolute Gasteiger partial charge is 0.472 e. The Hall–Kier alpha value is -0.370. The molecule has 176 valence electrons. The summed E-state index contributed by atoms with van der Waals surface area (Å²) in [6.45, 7) is 4.78. The van der Waals surface area contributed by atoms with E-state index in [9.17, 15) is 9.46 Å². The third-order valence-corrected chi connectivity index (χ3v) is 6.96. The molecule has 1 saturated heterocycles. The van der Waals surface area contributed by atoms with Gasteiger partial charge in [-0.25, -0.2) is 4.57 Å². The summed E-state index contributed by atoms with van der Waals surface area (Å²) in [5.74, 6) is 2.63. The highest BCUT2D eigenvalue weighted by atomic mass is 31.2. The number of nitrogens with zero attached hydrogens (tertiary/aromatic N) is 1. The molecule has 1 rings (SSSR count). The first-order chi connectivity index (χ1) is 14.6. The van der Waals surface area contributed by atoms with Crippen molar-refractivity contribution in [2.24, 2.45) is 0 Å². The number of rotatable bonds is 19. The number of likely N-dealkylation sites (tertiary alicyclic amines) is 1. The van der Waals surface area contributed by atoms with Crippen molar-refractivity contribution in [3.05, 3.63) is 0 Å². The number of phosphoric acid groups is 1. The highest BCUT2D eigenvalue weighted by Gasteiger charge is 2.29. The van der Waals surface area contributed by atoms with Crippen LogP contribution in [0.2, 0.25) is 0 Å². The van der Waals surface area contributed by atoms with Gasteiger partial charge in [0.1, 0.15) is 0 Å². The Morgan fingerprint density at radius 3 is 1.83 bits per heavy atom. The molecule has 0 aromatic carbocycles. The first-order valence-electron chi connectivity index (χ1n) is 12.4. The molecule has 1 unspecified atom stereocenters. The second kappa shape index (κ2) is 18.2. The predicted molar refractivity (Wildman–Crippen MR) is 125 cm³/mol. The van der Waals surface area contributed by atoms with Gasteiger partial charge in [-0.2, -0.15) is 0 Å². The van der Waals surface area contributed by atoms with E-state index < -0.39 is 7.82 Å². The van der Waals surface area contributed by atoms with E-state index >= 15 is 0 Å². The van der Waals surface area contributed by atoms with Gasteiger partial charge in [0, 0.05) is 13.1 Å². The van der Waals surface area contributed by atoms with Gasteiger partial charge in [0.2, 0.25) is 0 Å². The summed E-state index contributed by atoms with van der Waals surface area (Å²) in [6.07, 6.45) is 24.5. The van der Waals surface area contributed by atoms with E-state index in [1.54, 1.807) is 0 Å². The minimum absolute atomic E-state index is 0.216. The average molecular weight is 444 g/mol. The van der Waals surface area contributed by atoms with E-state index in [2.05, 4.69) is 17.7 Å². The van der Waals surface area contributed by atoms with E-state index in [-0.39, 0.29) is 6.10 Å². The van der Waals surface area contributed by atoms with Crippen LogP contribution in [0.3, 0.4) is 0 Å². The van der Waals surface area contributed by atoms with Crippen LogP contribution < -0.4 is 0 Å². The van der Waals surface area contributed by atoms with Gasteiger partial charge in [-0.3, -0.25) is 13.9 Å². The summed E-state index contributed by atoms with van der Waals surface area (Å²) in [4.78, 5) is 12.1. The molecule has 1 atom stereocenters. The minimum Gasteiger partial charge on any atom is -0.302 e. The SMILES string of the molecule is C#CCN1CCC(OP(=O)(O)OCCCCCCCCCCCCCCCC)CC1. The lowest BCUT2D eigenvalue weighted by molar-refractivity contribution is 0.0609. The fourth-order valence-electron chi connectivity index (χ4n) is 4.00. The highest BCUT2D eigenvalue weighted by molar-refractivity contribution is 7.47. The molecule has 0 bridgehead atoms. The van der Waals surface area contributed by atoms with Crippen molar-refractivity contribution >= 4 is 7.82 Å². The Labute approximate surface area is 185 Å². The second-order valence-corrected chi connectivity index (χ2v) is 10.1. The normalized spacial score (nSPS) is 17.6. The van der Waals surface area contributed by atoms with Crippen LogP contribution in [0, 0.1) is 12.3 Å². The smallest absolute Gasteiger partial charge is 0.302 e. The van der Waals surface area contributed by atoms with Crippen molar-refractivity contribution in [2.75, 3.05) is 26.2 Å². The number of hydrogen-bond donors (Lipinski definition) is 1. The Morgan fingerprint density at radius 1 is 0.900 bits per heavy atom. The van der Waals surface area contributed by atoms with E-state index in [0.717, 1.165) is 25.9 Å². The molecular weight excluding hydrogens is 397 g/mol. The van der Waals surface area contributed by atoms with Gasteiger partial charge in [-0.05, 0) is 19.3 Å². The number of terminal acetylenes is 1. The molecule has 0 aromatic heterocycles. The van der Waals surface area contributed by atoms with Crippen LogP contribution in [0.4, 0.5) is 0 Å². The second-order valence-electron chi connectivity index (χ2n) is 8.68. The number of phosphoric ester groups is 1. The van der Waals surface area contributed by atoms with Gasteiger partial charge < -0.3 is 4.89 Å². The monoisotopic (exact) mass is 443 g/mol. The maximum atomic E-state index is 12.1. The van der Waals surface area contributed by atoms with Crippen LogP contribution in [0.5, 0.6) is 0 Å². The van der Waals surface area contributed by atoms with Crippen molar-refractivity contribution in [2.45, 2.75) is 116 Å². The van der Waals surface area contributed by atoms with Gasteiger partial charge in [0.25, 0.3) is 0 Å².